The van der Waals surface area contributed by atoms with Crippen LogP contribution < -0.4 is 10.1 Å². The molecule has 0 atom stereocenters. The summed E-state index contributed by atoms with van der Waals surface area (Å²) in [4.78, 5) is 14.1. The van der Waals surface area contributed by atoms with Crippen molar-refractivity contribution in [3.63, 3.8) is 0 Å². The molecular formula is C27H23Cl3N2O2. The van der Waals surface area contributed by atoms with Crippen LogP contribution in [0.2, 0.25) is 15.1 Å². The molecule has 1 N–H and O–H groups in total. The number of hydrogen-bond donors (Lipinski definition) is 1. The summed E-state index contributed by atoms with van der Waals surface area (Å²) >= 11 is 18.6. The van der Waals surface area contributed by atoms with Crippen molar-refractivity contribution >= 4 is 41.2 Å². The molecule has 1 aromatic heterocycles. The first-order valence-corrected chi connectivity index (χ1v) is 11.7. The first-order valence-electron chi connectivity index (χ1n) is 10.6. The lowest BCUT2D eigenvalue weighted by molar-refractivity contribution is -0.109. The second-order valence-corrected chi connectivity index (χ2v) is 8.41. The van der Waals surface area contributed by atoms with Crippen molar-refractivity contribution in [1.29, 1.82) is 0 Å². The number of aromatic nitrogens is 1. The maximum absolute atomic E-state index is 9.29. The summed E-state index contributed by atoms with van der Waals surface area (Å²) in [6, 6.07) is 26.8. The number of amides is 1. The number of pyridine rings is 1. The fourth-order valence-corrected chi connectivity index (χ4v) is 3.71. The molecule has 3 aromatic carbocycles. The van der Waals surface area contributed by atoms with E-state index in [-0.39, 0.29) is 0 Å². The fourth-order valence-electron chi connectivity index (χ4n) is 3.09. The normalized spacial score (nSPS) is 10.1. The third-order valence-electron chi connectivity index (χ3n) is 4.73. The summed E-state index contributed by atoms with van der Waals surface area (Å²) < 4.78 is 5.93. The Morgan fingerprint density at radius 3 is 2.15 bits per heavy atom. The molecule has 174 valence electrons. The highest BCUT2D eigenvalue weighted by Gasteiger charge is 2.14. The van der Waals surface area contributed by atoms with Gasteiger partial charge in [0.2, 0.25) is 12.3 Å². The molecule has 1 heterocycles. The van der Waals surface area contributed by atoms with Crippen molar-refractivity contribution in [3.8, 4) is 28.3 Å². The van der Waals surface area contributed by atoms with Gasteiger partial charge in [0.05, 0.1) is 10.7 Å². The second kappa shape index (κ2) is 13.0. The molecular weight excluding hydrogens is 491 g/mol. The average molecular weight is 514 g/mol. The van der Waals surface area contributed by atoms with Gasteiger partial charge in [0.15, 0.2) is 0 Å². The molecule has 0 unspecified atom stereocenters. The molecule has 0 fully saturated rings. The quantitative estimate of drug-likeness (QED) is 0.257. The molecule has 0 radical (unpaired) electrons. The van der Waals surface area contributed by atoms with Crippen LogP contribution in [0.3, 0.4) is 0 Å². The lowest BCUT2D eigenvalue weighted by Gasteiger charge is -2.14. The van der Waals surface area contributed by atoms with Crippen LogP contribution in [0.4, 0.5) is 0 Å². The predicted molar refractivity (Wildman–Crippen MR) is 141 cm³/mol. The number of rotatable bonds is 7. The molecule has 0 saturated carbocycles. The Hall–Kier alpha value is -3.05. The zero-order chi connectivity index (χ0) is 24.3. The summed E-state index contributed by atoms with van der Waals surface area (Å²) in [5, 5.41) is 4.21. The van der Waals surface area contributed by atoms with Gasteiger partial charge in [-0.3, -0.25) is 4.79 Å². The number of ether oxygens (including phenoxy) is 1. The van der Waals surface area contributed by atoms with Gasteiger partial charge >= 0.3 is 0 Å². The Bertz CT molecular complexity index is 1220. The Balaban J connectivity index is 0.000000588. The van der Waals surface area contributed by atoms with Crippen LogP contribution >= 0.6 is 34.8 Å². The number of benzene rings is 3. The highest BCUT2D eigenvalue weighted by atomic mass is 35.5. The number of carbonyl (C=O) groups excluding carboxylic acids is 1. The predicted octanol–water partition coefficient (Wildman–Crippen LogP) is 7.71. The van der Waals surface area contributed by atoms with Gasteiger partial charge in [-0.2, -0.15) is 0 Å². The van der Waals surface area contributed by atoms with Crippen LogP contribution in [0.25, 0.3) is 22.4 Å². The van der Waals surface area contributed by atoms with E-state index in [1.807, 2.05) is 79.7 Å². The molecule has 4 nitrogen and oxygen atoms in total. The van der Waals surface area contributed by atoms with E-state index in [0.29, 0.717) is 34.0 Å². The lowest BCUT2D eigenvalue weighted by atomic mass is 9.99. The Kier molecular flexibility index (Phi) is 9.77. The summed E-state index contributed by atoms with van der Waals surface area (Å²) in [5.41, 5.74) is 4.49. The molecule has 0 aliphatic heterocycles. The molecule has 4 rings (SSSR count). The van der Waals surface area contributed by atoms with Crippen LogP contribution in [0.1, 0.15) is 12.5 Å². The minimum Gasteiger partial charge on any atom is -0.473 e. The summed E-state index contributed by atoms with van der Waals surface area (Å²) in [6.07, 6.45) is 0.681. The van der Waals surface area contributed by atoms with Crippen LogP contribution in [-0.2, 0) is 11.4 Å². The largest absolute Gasteiger partial charge is 0.473 e. The third kappa shape index (κ3) is 7.22. The van der Waals surface area contributed by atoms with Gasteiger partial charge in [-0.15, -0.1) is 0 Å². The molecule has 1 amide bonds. The van der Waals surface area contributed by atoms with E-state index in [0.717, 1.165) is 34.5 Å². The maximum Gasteiger partial charge on any atom is 0.214 e. The molecule has 0 spiro atoms. The van der Waals surface area contributed by atoms with Crippen molar-refractivity contribution < 1.29 is 9.53 Å². The van der Waals surface area contributed by atoms with Crippen molar-refractivity contribution in [3.05, 3.63) is 106 Å². The monoisotopic (exact) mass is 512 g/mol. The smallest absolute Gasteiger partial charge is 0.214 e. The lowest BCUT2D eigenvalue weighted by Crippen LogP contribution is -2.07. The number of hydrogen-bond acceptors (Lipinski definition) is 3. The van der Waals surface area contributed by atoms with Crippen LogP contribution in [0.5, 0.6) is 5.88 Å². The van der Waals surface area contributed by atoms with Gasteiger partial charge in [0.1, 0.15) is 6.61 Å². The highest BCUT2D eigenvalue weighted by molar-refractivity contribution is 6.36. The van der Waals surface area contributed by atoms with Gasteiger partial charge in [0, 0.05) is 33.8 Å². The van der Waals surface area contributed by atoms with E-state index >= 15 is 0 Å². The minimum absolute atomic E-state index is 0.432. The number of nitrogens with zero attached hydrogens (tertiary/aromatic N) is 1. The van der Waals surface area contributed by atoms with Gasteiger partial charge in [0.25, 0.3) is 0 Å². The van der Waals surface area contributed by atoms with Gasteiger partial charge in [-0.05, 0) is 54.4 Å². The van der Waals surface area contributed by atoms with E-state index in [1.165, 1.54) is 0 Å². The number of halogens is 3. The van der Waals surface area contributed by atoms with E-state index in [1.54, 1.807) is 12.1 Å². The summed E-state index contributed by atoms with van der Waals surface area (Å²) in [6.45, 7) is 3.03. The second-order valence-electron chi connectivity index (χ2n) is 7.13. The first kappa shape index (κ1) is 25.6. The van der Waals surface area contributed by atoms with E-state index in [9.17, 15) is 4.79 Å². The Labute approximate surface area is 214 Å². The molecule has 0 saturated heterocycles. The number of carbonyl (C=O) groups is 1. The van der Waals surface area contributed by atoms with Crippen molar-refractivity contribution in [2.24, 2.45) is 0 Å². The fraction of sp³-hybridized carbons (Fsp3) is 0.111. The summed E-state index contributed by atoms with van der Waals surface area (Å²) in [7, 11) is 0. The maximum atomic E-state index is 9.29. The molecule has 0 bridgehead atoms. The number of nitrogens with one attached hydrogen (secondary N) is 1. The zero-order valence-corrected chi connectivity index (χ0v) is 20.7. The zero-order valence-electron chi connectivity index (χ0n) is 18.5. The van der Waals surface area contributed by atoms with Crippen LogP contribution in [0.15, 0.2) is 84.9 Å². The van der Waals surface area contributed by atoms with Gasteiger partial charge < -0.3 is 10.1 Å². The van der Waals surface area contributed by atoms with E-state index in [4.69, 9.17) is 44.5 Å². The average Bonchev–Trinajstić information content (AvgIpc) is 2.85. The molecule has 0 aliphatic carbocycles. The highest BCUT2D eigenvalue weighted by Crippen LogP contribution is 2.37. The Morgan fingerprint density at radius 1 is 0.853 bits per heavy atom. The Morgan fingerprint density at radius 2 is 1.53 bits per heavy atom. The van der Waals surface area contributed by atoms with Crippen molar-refractivity contribution in [2.75, 3.05) is 6.54 Å². The van der Waals surface area contributed by atoms with Crippen LogP contribution in [-0.4, -0.2) is 17.9 Å². The molecule has 4 aromatic rings. The molecule has 7 heteroatoms. The first-order chi connectivity index (χ1) is 16.5. The topological polar surface area (TPSA) is 51.2 Å². The standard InChI is InChI=1S/C24H16Cl3NO.C3H7NO/c25-18-8-6-17(7-9-18)20-12-13-23(29-15-16-4-2-1-3-5-16)28-24(20)21-11-10-19(26)14-22(21)27;1-2-4-3-5/h1-14H,15H2;3H,2H2,1H3,(H,4,5). The molecule has 0 aliphatic rings. The van der Waals surface area contributed by atoms with Gasteiger partial charge in [-0.1, -0.05) is 77.3 Å². The third-order valence-corrected chi connectivity index (χ3v) is 5.53. The van der Waals surface area contributed by atoms with Gasteiger partial charge in [-0.25, -0.2) is 4.98 Å². The summed E-state index contributed by atoms with van der Waals surface area (Å²) in [5.74, 6) is 0.521. The van der Waals surface area contributed by atoms with Crippen LogP contribution in [0, 0.1) is 0 Å². The van der Waals surface area contributed by atoms with E-state index in [2.05, 4.69) is 5.32 Å². The van der Waals surface area contributed by atoms with E-state index < -0.39 is 0 Å². The van der Waals surface area contributed by atoms with Crippen molar-refractivity contribution in [1.82, 2.24) is 10.3 Å². The minimum atomic E-state index is 0.432. The molecule has 34 heavy (non-hydrogen) atoms. The SMILES string of the molecule is CCNC=O.Clc1ccc(-c2ccc(OCc3ccccc3)nc2-c2ccc(Cl)cc2Cl)cc1. The van der Waals surface area contributed by atoms with Crippen molar-refractivity contribution in [2.45, 2.75) is 13.5 Å².